The van der Waals surface area contributed by atoms with Crippen LogP contribution < -0.4 is 4.72 Å². The molecule has 0 aliphatic carbocycles. The number of amides is 1. The molecule has 4 heterocycles. The van der Waals surface area contributed by atoms with Gasteiger partial charge in [0.25, 0.3) is 10.0 Å². The second kappa shape index (κ2) is 11.8. The highest BCUT2D eigenvalue weighted by Crippen LogP contribution is 2.45. The Kier molecular flexibility index (Phi) is 8.33. The number of furan rings is 1. The standard InChI is InChI=1S/C29H32FN5O5S2/c1-18(2)16-40-28(36)35-13-10-29(4,11-14-35)27-33-25(26(41-27)23-8-12-31-19(3)32-23)21-6-5-7-22(24(21)30)34-42(37,38)20-9-15-39-17-20/h5-9,12,15,17-18,34H,10-11,13-14,16H2,1-4H3. The number of nitrogens with zero attached hydrogens (tertiary/aromatic N) is 4. The minimum absolute atomic E-state index is 0.118. The van der Waals surface area contributed by atoms with Crippen LogP contribution in [0.2, 0.25) is 0 Å². The summed E-state index contributed by atoms with van der Waals surface area (Å²) < 4.78 is 54.2. The van der Waals surface area contributed by atoms with Crippen LogP contribution in [0.3, 0.4) is 0 Å². The highest BCUT2D eigenvalue weighted by molar-refractivity contribution is 7.92. The summed E-state index contributed by atoms with van der Waals surface area (Å²) >= 11 is 1.42. The van der Waals surface area contributed by atoms with Crippen LogP contribution in [-0.2, 0) is 20.2 Å². The lowest BCUT2D eigenvalue weighted by molar-refractivity contribution is 0.0762. The summed E-state index contributed by atoms with van der Waals surface area (Å²) in [5.41, 5.74) is 0.478. The van der Waals surface area contributed by atoms with E-state index in [4.69, 9.17) is 14.1 Å². The number of piperidine rings is 1. The monoisotopic (exact) mass is 613 g/mol. The number of rotatable bonds is 8. The Morgan fingerprint density at radius 1 is 1.21 bits per heavy atom. The number of ether oxygens (including phenoxy) is 1. The van der Waals surface area contributed by atoms with Gasteiger partial charge in [-0.15, -0.1) is 11.3 Å². The van der Waals surface area contributed by atoms with E-state index in [-0.39, 0.29) is 33.6 Å². The lowest BCUT2D eigenvalue weighted by Crippen LogP contribution is -2.44. The van der Waals surface area contributed by atoms with Crippen LogP contribution in [0.1, 0.15) is 44.4 Å². The maximum atomic E-state index is 16.0. The third-order valence-electron chi connectivity index (χ3n) is 7.12. The van der Waals surface area contributed by atoms with Crippen molar-refractivity contribution in [2.75, 3.05) is 24.4 Å². The fourth-order valence-corrected chi connectivity index (χ4v) is 6.88. The van der Waals surface area contributed by atoms with Crippen molar-refractivity contribution in [2.45, 2.75) is 50.8 Å². The Morgan fingerprint density at radius 3 is 2.64 bits per heavy atom. The quantitative estimate of drug-likeness (QED) is 0.247. The fourth-order valence-electron chi connectivity index (χ4n) is 4.65. The van der Waals surface area contributed by atoms with E-state index < -0.39 is 15.8 Å². The molecule has 1 amide bonds. The third-order valence-corrected chi connectivity index (χ3v) is 9.85. The lowest BCUT2D eigenvalue weighted by atomic mass is 9.81. The number of aryl methyl sites for hydroxylation is 1. The lowest BCUT2D eigenvalue weighted by Gasteiger charge is -2.37. The first-order valence-corrected chi connectivity index (χ1v) is 15.8. The van der Waals surface area contributed by atoms with Crippen LogP contribution in [0, 0.1) is 18.7 Å². The molecule has 5 rings (SSSR count). The second-order valence-electron chi connectivity index (χ2n) is 10.9. The predicted octanol–water partition coefficient (Wildman–Crippen LogP) is 6.25. The van der Waals surface area contributed by atoms with Crippen LogP contribution in [0.15, 0.2) is 58.4 Å². The van der Waals surface area contributed by atoms with E-state index in [1.54, 1.807) is 36.2 Å². The number of thiazole rings is 1. The Hall–Kier alpha value is -3.84. The van der Waals surface area contributed by atoms with E-state index in [2.05, 4.69) is 21.6 Å². The van der Waals surface area contributed by atoms with Gasteiger partial charge in [-0.05, 0) is 49.9 Å². The smallest absolute Gasteiger partial charge is 0.409 e. The number of carbonyl (C=O) groups is 1. The minimum Gasteiger partial charge on any atom is -0.471 e. The number of likely N-dealkylation sites (tertiary alicyclic amines) is 1. The third kappa shape index (κ3) is 6.16. The molecule has 10 nitrogen and oxygen atoms in total. The Bertz CT molecular complexity index is 1680. The van der Waals surface area contributed by atoms with Crippen molar-refractivity contribution in [1.29, 1.82) is 0 Å². The van der Waals surface area contributed by atoms with Gasteiger partial charge in [0.1, 0.15) is 17.0 Å². The maximum Gasteiger partial charge on any atom is 0.409 e. The number of carbonyl (C=O) groups excluding carboxylic acids is 1. The average Bonchev–Trinajstić information content (AvgIpc) is 3.65. The zero-order valence-electron chi connectivity index (χ0n) is 23.8. The van der Waals surface area contributed by atoms with Gasteiger partial charge in [-0.1, -0.05) is 26.8 Å². The number of hydrogen-bond donors (Lipinski definition) is 1. The molecule has 4 aromatic rings. The number of aromatic nitrogens is 3. The van der Waals surface area contributed by atoms with Gasteiger partial charge in [0, 0.05) is 30.3 Å². The minimum atomic E-state index is -4.07. The molecule has 42 heavy (non-hydrogen) atoms. The molecule has 0 atom stereocenters. The molecule has 0 saturated carbocycles. The van der Waals surface area contributed by atoms with Gasteiger partial charge in [0.15, 0.2) is 5.82 Å². The second-order valence-corrected chi connectivity index (χ2v) is 13.6. The highest BCUT2D eigenvalue weighted by Gasteiger charge is 2.38. The van der Waals surface area contributed by atoms with Crippen molar-refractivity contribution in [3.8, 4) is 21.8 Å². The van der Waals surface area contributed by atoms with Gasteiger partial charge in [0.2, 0.25) is 0 Å². The van der Waals surface area contributed by atoms with Gasteiger partial charge in [-0.3, -0.25) is 4.72 Å². The van der Waals surface area contributed by atoms with Gasteiger partial charge >= 0.3 is 6.09 Å². The van der Waals surface area contributed by atoms with E-state index in [1.165, 1.54) is 29.7 Å². The van der Waals surface area contributed by atoms with Crippen molar-refractivity contribution < 1.29 is 26.8 Å². The van der Waals surface area contributed by atoms with Gasteiger partial charge in [0.05, 0.1) is 39.8 Å². The molecule has 1 aliphatic heterocycles. The average molecular weight is 614 g/mol. The molecule has 1 aromatic carbocycles. The zero-order valence-corrected chi connectivity index (χ0v) is 25.4. The fraction of sp³-hybridized carbons (Fsp3) is 0.379. The SMILES string of the molecule is Cc1nccc(-c2sc(C3(C)CCN(C(=O)OCC(C)C)CC3)nc2-c2cccc(NS(=O)(=O)c3ccoc3)c2F)n1. The van der Waals surface area contributed by atoms with Crippen LogP contribution in [-0.4, -0.2) is 54.1 Å². The number of sulfonamides is 1. The molecular formula is C29H32FN5O5S2. The van der Waals surface area contributed by atoms with E-state index in [9.17, 15) is 13.2 Å². The Morgan fingerprint density at radius 2 is 1.98 bits per heavy atom. The number of anilines is 1. The molecule has 1 aliphatic rings. The van der Waals surface area contributed by atoms with Crippen molar-refractivity contribution in [3.05, 3.63) is 65.7 Å². The number of nitrogens with one attached hydrogen (secondary N) is 1. The van der Waals surface area contributed by atoms with E-state index >= 15 is 4.39 Å². The molecule has 1 N–H and O–H groups in total. The summed E-state index contributed by atoms with van der Waals surface area (Å²) in [7, 11) is -4.07. The van der Waals surface area contributed by atoms with Crippen LogP contribution in [0.25, 0.3) is 21.8 Å². The first kappa shape index (κ1) is 29.6. The molecule has 1 fully saturated rings. The molecule has 0 unspecified atom stereocenters. The van der Waals surface area contributed by atoms with Crippen LogP contribution in [0.5, 0.6) is 0 Å². The number of hydrogen-bond acceptors (Lipinski definition) is 9. The molecule has 222 valence electrons. The predicted molar refractivity (Wildman–Crippen MR) is 157 cm³/mol. The van der Waals surface area contributed by atoms with Gasteiger partial charge in [-0.25, -0.2) is 32.6 Å². The summed E-state index contributed by atoms with van der Waals surface area (Å²) in [6.07, 6.45) is 4.91. The normalized spacial score (nSPS) is 15.1. The summed E-state index contributed by atoms with van der Waals surface area (Å²) in [4.78, 5) is 28.5. The van der Waals surface area contributed by atoms with E-state index in [0.29, 0.717) is 54.6 Å². The molecule has 0 spiro atoms. The van der Waals surface area contributed by atoms with Crippen molar-refractivity contribution in [1.82, 2.24) is 19.9 Å². The molecule has 0 bridgehead atoms. The first-order chi connectivity index (χ1) is 20.0. The Balaban J connectivity index is 1.50. The largest absolute Gasteiger partial charge is 0.471 e. The van der Waals surface area contributed by atoms with Crippen molar-refractivity contribution in [3.63, 3.8) is 0 Å². The van der Waals surface area contributed by atoms with Gasteiger partial charge < -0.3 is 14.1 Å². The maximum absolute atomic E-state index is 16.0. The van der Waals surface area contributed by atoms with E-state index in [0.717, 1.165) is 11.3 Å². The molecule has 1 saturated heterocycles. The molecular weight excluding hydrogens is 581 g/mol. The summed E-state index contributed by atoms with van der Waals surface area (Å²) in [5, 5.41) is 0.780. The van der Waals surface area contributed by atoms with Crippen LogP contribution >= 0.6 is 11.3 Å². The van der Waals surface area contributed by atoms with Crippen molar-refractivity contribution in [2.24, 2.45) is 5.92 Å². The zero-order chi connectivity index (χ0) is 30.1. The molecule has 3 aromatic heterocycles. The first-order valence-electron chi connectivity index (χ1n) is 13.5. The number of halogens is 1. The van der Waals surface area contributed by atoms with Crippen molar-refractivity contribution >= 4 is 33.1 Å². The molecule has 0 radical (unpaired) electrons. The molecule has 13 heteroatoms. The number of benzene rings is 1. The summed E-state index contributed by atoms with van der Waals surface area (Å²) in [5.74, 6) is 0.0395. The summed E-state index contributed by atoms with van der Waals surface area (Å²) in [6, 6.07) is 7.52. The highest BCUT2D eigenvalue weighted by atomic mass is 32.2. The topological polar surface area (TPSA) is 128 Å². The Labute approximate surface area is 248 Å². The van der Waals surface area contributed by atoms with Crippen LogP contribution in [0.4, 0.5) is 14.9 Å². The van der Waals surface area contributed by atoms with E-state index in [1.807, 2.05) is 13.8 Å². The van der Waals surface area contributed by atoms with Gasteiger partial charge in [-0.2, -0.15) is 0 Å². The summed E-state index contributed by atoms with van der Waals surface area (Å²) in [6.45, 7) is 9.22.